The summed E-state index contributed by atoms with van der Waals surface area (Å²) < 4.78 is 25.1. The molecule has 1 heterocycles. The first-order chi connectivity index (χ1) is 6.06. The summed E-state index contributed by atoms with van der Waals surface area (Å²) in [6.07, 6.45) is -2.48. The summed E-state index contributed by atoms with van der Waals surface area (Å²) in [6.45, 7) is 2.01. The SMILES string of the molecule is Cc1nc(I)c(C(F)F)cc1CN. The largest absolute Gasteiger partial charge is 0.326 e. The van der Waals surface area contributed by atoms with Gasteiger partial charge in [-0.3, -0.25) is 0 Å². The monoisotopic (exact) mass is 298 g/mol. The first-order valence-corrected chi connectivity index (χ1v) is 4.78. The number of nitrogens with two attached hydrogens (primary N) is 1. The van der Waals surface area contributed by atoms with Crippen molar-refractivity contribution in [1.82, 2.24) is 4.98 Å². The van der Waals surface area contributed by atoms with Crippen LogP contribution in [0.15, 0.2) is 6.07 Å². The zero-order valence-electron chi connectivity index (χ0n) is 7.02. The molecule has 0 aliphatic rings. The van der Waals surface area contributed by atoms with Crippen molar-refractivity contribution in [2.75, 3.05) is 0 Å². The molecule has 0 aliphatic carbocycles. The standard InChI is InChI=1S/C8H9F2IN2/c1-4-5(3-12)2-6(7(9)10)8(11)13-4/h2,7H,3,12H2,1H3. The van der Waals surface area contributed by atoms with Crippen LogP contribution in [0, 0.1) is 10.6 Å². The molecule has 0 saturated heterocycles. The molecule has 1 aromatic rings. The van der Waals surface area contributed by atoms with Gasteiger partial charge in [-0.1, -0.05) is 0 Å². The van der Waals surface area contributed by atoms with Crippen LogP contribution >= 0.6 is 22.6 Å². The number of pyridine rings is 1. The summed E-state index contributed by atoms with van der Waals surface area (Å²) in [5, 5.41) is 0. The van der Waals surface area contributed by atoms with Gasteiger partial charge in [-0.2, -0.15) is 0 Å². The second-order valence-electron chi connectivity index (χ2n) is 2.62. The lowest BCUT2D eigenvalue weighted by Crippen LogP contribution is -2.05. The van der Waals surface area contributed by atoms with E-state index < -0.39 is 6.43 Å². The molecule has 13 heavy (non-hydrogen) atoms. The molecule has 0 bridgehead atoms. The number of hydrogen-bond acceptors (Lipinski definition) is 2. The molecule has 1 aromatic heterocycles. The lowest BCUT2D eigenvalue weighted by Gasteiger charge is -2.07. The van der Waals surface area contributed by atoms with Crippen LogP contribution in [-0.4, -0.2) is 4.98 Å². The molecular weight excluding hydrogens is 289 g/mol. The van der Waals surface area contributed by atoms with Gasteiger partial charge in [-0.15, -0.1) is 0 Å². The highest BCUT2D eigenvalue weighted by molar-refractivity contribution is 14.1. The van der Waals surface area contributed by atoms with Gasteiger partial charge in [0, 0.05) is 17.8 Å². The van der Waals surface area contributed by atoms with Crippen LogP contribution in [0.1, 0.15) is 23.2 Å². The van der Waals surface area contributed by atoms with Gasteiger partial charge in [0.2, 0.25) is 0 Å². The average molecular weight is 298 g/mol. The normalized spacial score (nSPS) is 10.9. The highest BCUT2D eigenvalue weighted by Crippen LogP contribution is 2.24. The first-order valence-electron chi connectivity index (χ1n) is 3.70. The van der Waals surface area contributed by atoms with Crippen molar-refractivity contribution in [3.8, 4) is 0 Å². The Morgan fingerprint density at radius 3 is 2.69 bits per heavy atom. The third-order valence-electron chi connectivity index (χ3n) is 1.75. The Kier molecular flexibility index (Phi) is 3.55. The molecule has 5 heteroatoms. The van der Waals surface area contributed by atoms with Crippen LogP contribution in [0.25, 0.3) is 0 Å². The van der Waals surface area contributed by atoms with Gasteiger partial charge < -0.3 is 5.73 Å². The maximum absolute atomic E-state index is 12.4. The Bertz CT molecular complexity index is 315. The number of alkyl halides is 2. The number of rotatable bonds is 2. The summed E-state index contributed by atoms with van der Waals surface area (Å²) >= 11 is 1.80. The Balaban J connectivity index is 3.22. The van der Waals surface area contributed by atoms with E-state index in [0.29, 0.717) is 9.26 Å². The third-order valence-corrected chi connectivity index (χ3v) is 2.62. The van der Waals surface area contributed by atoms with Crippen molar-refractivity contribution in [2.24, 2.45) is 5.73 Å². The molecule has 2 nitrogen and oxygen atoms in total. The van der Waals surface area contributed by atoms with Crippen molar-refractivity contribution in [3.05, 3.63) is 26.6 Å². The molecule has 0 spiro atoms. The quantitative estimate of drug-likeness (QED) is 0.672. The van der Waals surface area contributed by atoms with Crippen molar-refractivity contribution >= 4 is 22.6 Å². The van der Waals surface area contributed by atoms with Crippen LogP contribution < -0.4 is 5.73 Å². The molecule has 0 fully saturated rings. The first kappa shape index (κ1) is 10.8. The van der Waals surface area contributed by atoms with Gasteiger partial charge in [0.25, 0.3) is 6.43 Å². The van der Waals surface area contributed by atoms with Crippen LogP contribution in [0.2, 0.25) is 0 Å². The number of aryl methyl sites for hydroxylation is 1. The fraction of sp³-hybridized carbons (Fsp3) is 0.375. The van der Waals surface area contributed by atoms with E-state index in [9.17, 15) is 8.78 Å². The summed E-state index contributed by atoms with van der Waals surface area (Å²) in [7, 11) is 0. The van der Waals surface area contributed by atoms with Gasteiger partial charge in [-0.25, -0.2) is 13.8 Å². The van der Waals surface area contributed by atoms with Gasteiger partial charge in [0.15, 0.2) is 0 Å². The molecular formula is C8H9F2IN2. The van der Waals surface area contributed by atoms with Crippen LogP contribution in [0.4, 0.5) is 8.78 Å². The Hall–Kier alpha value is -0.300. The topological polar surface area (TPSA) is 38.9 Å². The highest BCUT2D eigenvalue weighted by atomic mass is 127. The minimum Gasteiger partial charge on any atom is -0.326 e. The lowest BCUT2D eigenvalue weighted by atomic mass is 10.1. The fourth-order valence-electron chi connectivity index (χ4n) is 0.995. The van der Waals surface area contributed by atoms with Crippen molar-refractivity contribution in [3.63, 3.8) is 0 Å². The molecule has 0 saturated carbocycles. The predicted molar refractivity (Wildman–Crippen MR) is 54.5 cm³/mol. The molecule has 2 N–H and O–H groups in total. The van der Waals surface area contributed by atoms with Gasteiger partial charge in [-0.05, 0) is 41.1 Å². The van der Waals surface area contributed by atoms with E-state index in [2.05, 4.69) is 4.98 Å². The second kappa shape index (κ2) is 4.28. The third kappa shape index (κ3) is 2.34. The summed E-state index contributed by atoms with van der Waals surface area (Å²) in [4.78, 5) is 3.99. The average Bonchev–Trinajstić information content (AvgIpc) is 2.03. The van der Waals surface area contributed by atoms with E-state index in [1.54, 1.807) is 29.5 Å². The lowest BCUT2D eigenvalue weighted by molar-refractivity contribution is 0.149. The second-order valence-corrected chi connectivity index (χ2v) is 3.64. The maximum atomic E-state index is 12.4. The zero-order chi connectivity index (χ0) is 10.0. The maximum Gasteiger partial charge on any atom is 0.266 e. The Morgan fingerprint density at radius 2 is 2.23 bits per heavy atom. The van der Waals surface area contributed by atoms with Crippen LogP contribution in [0.5, 0.6) is 0 Å². The smallest absolute Gasteiger partial charge is 0.266 e. The molecule has 0 aliphatic heterocycles. The summed E-state index contributed by atoms with van der Waals surface area (Å²) in [6, 6.07) is 1.43. The highest BCUT2D eigenvalue weighted by Gasteiger charge is 2.14. The van der Waals surface area contributed by atoms with E-state index in [0.717, 1.165) is 5.69 Å². The number of halogens is 3. The molecule has 72 valence electrons. The summed E-state index contributed by atoms with van der Waals surface area (Å²) in [5.41, 5.74) is 6.74. The molecule has 0 amide bonds. The van der Waals surface area contributed by atoms with E-state index in [-0.39, 0.29) is 12.1 Å². The zero-order valence-corrected chi connectivity index (χ0v) is 9.18. The van der Waals surface area contributed by atoms with Crippen molar-refractivity contribution in [2.45, 2.75) is 19.9 Å². The predicted octanol–water partition coefficient (Wildman–Crippen LogP) is 2.39. The van der Waals surface area contributed by atoms with Gasteiger partial charge >= 0.3 is 0 Å². The van der Waals surface area contributed by atoms with E-state index in [1.165, 1.54) is 6.07 Å². The molecule has 0 unspecified atom stereocenters. The number of hydrogen-bond donors (Lipinski definition) is 1. The molecule has 1 rings (SSSR count). The Labute approximate surface area is 88.7 Å². The van der Waals surface area contributed by atoms with E-state index in [4.69, 9.17) is 5.73 Å². The van der Waals surface area contributed by atoms with E-state index in [1.807, 2.05) is 0 Å². The summed E-state index contributed by atoms with van der Waals surface area (Å²) in [5.74, 6) is 0. The van der Waals surface area contributed by atoms with Crippen molar-refractivity contribution < 1.29 is 8.78 Å². The van der Waals surface area contributed by atoms with Crippen molar-refractivity contribution in [1.29, 1.82) is 0 Å². The van der Waals surface area contributed by atoms with Gasteiger partial charge in [0.1, 0.15) is 3.70 Å². The van der Waals surface area contributed by atoms with Gasteiger partial charge in [0.05, 0.1) is 0 Å². The number of aromatic nitrogens is 1. The minimum absolute atomic E-state index is 0.0355. The fourth-order valence-corrected chi connectivity index (χ4v) is 1.75. The Morgan fingerprint density at radius 1 is 1.62 bits per heavy atom. The van der Waals surface area contributed by atoms with Crippen LogP contribution in [-0.2, 0) is 6.54 Å². The molecule has 0 radical (unpaired) electrons. The van der Waals surface area contributed by atoms with Crippen LogP contribution in [0.3, 0.4) is 0 Å². The van der Waals surface area contributed by atoms with E-state index >= 15 is 0 Å². The molecule has 0 atom stereocenters. The minimum atomic E-state index is -2.48. The molecule has 0 aromatic carbocycles. The number of nitrogens with zero attached hydrogens (tertiary/aromatic N) is 1.